The molecule has 0 heterocycles. The third-order valence-electron chi connectivity index (χ3n) is 5.45. The first-order valence-corrected chi connectivity index (χ1v) is 6.56. The van der Waals surface area contributed by atoms with E-state index < -0.39 is 0 Å². The summed E-state index contributed by atoms with van der Waals surface area (Å²) in [6.45, 7) is 0.200. The molecule has 16 heavy (non-hydrogen) atoms. The summed E-state index contributed by atoms with van der Waals surface area (Å²) in [6, 6.07) is 0. The molecule has 4 aliphatic carbocycles. The molecule has 0 saturated heterocycles. The van der Waals surface area contributed by atoms with Gasteiger partial charge in [-0.3, -0.25) is 4.79 Å². The Hall–Kier alpha value is -0.570. The zero-order valence-corrected chi connectivity index (χ0v) is 9.69. The second-order valence-electron chi connectivity index (χ2n) is 6.25. The van der Waals surface area contributed by atoms with Crippen molar-refractivity contribution in [2.24, 2.45) is 34.8 Å². The highest BCUT2D eigenvalue weighted by Crippen LogP contribution is 2.63. The first-order valence-electron chi connectivity index (χ1n) is 6.56. The number of carbonyl (C=O) groups is 1. The second-order valence-corrected chi connectivity index (χ2v) is 6.25. The lowest BCUT2D eigenvalue weighted by Crippen LogP contribution is -2.58. The molecule has 3 unspecified atom stereocenters. The highest BCUT2D eigenvalue weighted by Gasteiger charge is 2.59. The Morgan fingerprint density at radius 1 is 1.25 bits per heavy atom. The van der Waals surface area contributed by atoms with Crippen molar-refractivity contribution in [3.63, 3.8) is 0 Å². The molecule has 90 valence electrons. The van der Waals surface area contributed by atoms with Gasteiger partial charge in [-0.1, -0.05) is 0 Å². The van der Waals surface area contributed by atoms with Gasteiger partial charge in [-0.25, -0.2) is 0 Å². The van der Waals surface area contributed by atoms with Gasteiger partial charge in [0.1, 0.15) is 0 Å². The number of aliphatic hydroxyl groups is 1. The molecule has 4 aliphatic rings. The first kappa shape index (κ1) is 10.6. The van der Waals surface area contributed by atoms with Crippen molar-refractivity contribution in [1.82, 2.24) is 0 Å². The summed E-state index contributed by atoms with van der Waals surface area (Å²) in [7, 11) is 0. The first-order chi connectivity index (χ1) is 7.65. The van der Waals surface area contributed by atoms with E-state index in [9.17, 15) is 9.90 Å². The van der Waals surface area contributed by atoms with Crippen molar-refractivity contribution in [2.45, 2.75) is 38.5 Å². The lowest BCUT2D eigenvalue weighted by molar-refractivity contribution is -0.158. The molecule has 0 aromatic rings. The van der Waals surface area contributed by atoms with E-state index in [1.54, 1.807) is 0 Å². The monoisotopic (exact) mass is 223 g/mol. The summed E-state index contributed by atoms with van der Waals surface area (Å²) in [4.78, 5) is 11.9. The molecule has 4 bridgehead atoms. The molecule has 3 atom stereocenters. The molecule has 4 rings (SSSR count). The van der Waals surface area contributed by atoms with Crippen LogP contribution >= 0.6 is 0 Å². The molecule has 1 amide bonds. The average Bonchev–Trinajstić information content (AvgIpc) is 2.22. The Kier molecular flexibility index (Phi) is 2.29. The van der Waals surface area contributed by atoms with E-state index in [4.69, 9.17) is 5.73 Å². The summed E-state index contributed by atoms with van der Waals surface area (Å²) >= 11 is 0. The van der Waals surface area contributed by atoms with Crippen LogP contribution in [0.25, 0.3) is 0 Å². The molecule has 3 N–H and O–H groups in total. The molecule has 0 spiro atoms. The van der Waals surface area contributed by atoms with Crippen molar-refractivity contribution < 1.29 is 9.90 Å². The van der Waals surface area contributed by atoms with E-state index in [1.807, 2.05) is 0 Å². The fourth-order valence-electron chi connectivity index (χ4n) is 5.18. The summed E-state index contributed by atoms with van der Waals surface area (Å²) in [5, 5.41) is 9.19. The summed E-state index contributed by atoms with van der Waals surface area (Å²) in [5.41, 5.74) is 5.44. The van der Waals surface area contributed by atoms with Crippen LogP contribution in [-0.4, -0.2) is 17.6 Å². The number of rotatable bonds is 3. The molecule has 0 aromatic carbocycles. The maximum absolute atomic E-state index is 11.9. The van der Waals surface area contributed by atoms with E-state index in [2.05, 4.69) is 0 Å². The molecule has 0 aliphatic heterocycles. The Morgan fingerprint density at radius 2 is 1.88 bits per heavy atom. The minimum Gasteiger partial charge on any atom is -0.396 e. The number of primary amides is 1. The van der Waals surface area contributed by atoms with Crippen LogP contribution in [0.4, 0.5) is 0 Å². The van der Waals surface area contributed by atoms with Crippen molar-refractivity contribution in [1.29, 1.82) is 0 Å². The van der Waals surface area contributed by atoms with Gasteiger partial charge in [0, 0.05) is 6.61 Å². The molecular formula is C13H21NO2. The SMILES string of the molecule is NC(=O)C12CC3CC(CC(C3)C1CCO)C2. The van der Waals surface area contributed by atoms with Gasteiger partial charge >= 0.3 is 0 Å². The third-order valence-corrected chi connectivity index (χ3v) is 5.45. The number of carbonyl (C=O) groups excluding carboxylic acids is 1. The number of aliphatic hydroxyl groups excluding tert-OH is 1. The lowest BCUT2D eigenvalue weighted by atomic mass is 9.44. The van der Waals surface area contributed by atoms with Gasteiger partial charge in [0.25, 0.3) is 0 Å². The third kappa shape index (κ3) is 1.27. The Labute approximate surface area is 96.4 Å². The topological polar surface area (TPSA) is 63.3 Å². The predicted molar refractivity (Wildman–Crippen MR) is 60.4 cm³/mol. The fourth-order valence-corrected chi connectivity index (χ4v) is 5.18. The van der Waals surface area contributed by atoms with Crippen LogP contribution < -0.4 is 5.73 Å². The van der Waals surface area contributed by atoms with Crippen LogP contribution in [0, 0.1) is 29.1 Å². The summed E-state index contributed by atoms with van der Waals surface area (Å²) in [6.07, 6.45) is 6.64. The highest BCUT2D eigenvalue weighted by molar-refractivity contribution is 5.81. The second kappa shape index (κ2) is 3.46. The van der Waals surface area contributed by atoms with Crippen LogP contribution in [0.5, 0.6) is 0 Å². The minimum atomic E-state index is -0.252. The molecule has 4 saturated carbocycles. The number of hydrogen-bond donors (Lipinski definition) is 2. The number of hydrogen-bond acceptors (Lipinski definition) is 2. The smallest absolute Gasteiger partial charge is 0.223 e. The predicted octanol–water partition coefficient (Wildman–Crippen LogP) is 1.30. The van der Waals surface area contributed by atoms with E-state index in [0.717, 1.165) is 31.1 Å². The number of nitrogens with two attached hydrogens (primary N) is 1. The van der Waals surface area contributed by atoms with Crippen LogP contribution in [0.1, 0.15) is 38.5 Å². The van der Waals surface area contributed by atoms with Gasteiger partial charge < -0.3 is 10.8 Å². The summed E-state index contributed by atoms with van der Waals surface area (Å²) < 4.78 is 0. The van der Waals surface area contributed by atoms with Crippen molar-refractivity contribution in [3.05, 3.63) is 0 Å². The van der Waals surface area contributed by atoms with Gasteiger partial charge in [0.05, 0.1) is 5.41 Å². The Bertz CT molecular complexity index is 301. The Balaban J connectivity index is 1.95. The van der Waals surface area contributed by atoms with Gasteiger partial charge in [-0.05, 0) is 62.2 Å². The maximum atomic E-state index is 11.9. The van der Waals surface area contributed by atoms with Gasteiger partial charge in [0.15, 0.2) is 0 Å². The maximum Gasteiger partial charge on any atom is 0.223 e. The average molecular weight is 223 g/mol. The fraction of sp³-hybridized carbons (Fsp3) is 0.923. The normalized spacial score (nSPS) is 49.6. The van der Waals surface area contributed by atoms with Crippen LogP contribution in [-0.2, 0) is 4.79 Å². The molecule has 0 aromatic heterocycles. The van der Waals surface area contributed by atoms with Gasteiger partial charge in [-0.15, -0.1) is 0 Å². The van der Waals surface area contributed by atoms with E-state index in [-0.39, 0.29) is 17.9 Å². The molecule has 0 radical (unpaired) electrons. The van der Waals surface area contributed by atoms with Gasteiger partial charge in [-0.2, -0.15) is 0 Å². The molecular weight excluding hydrogens is 202 g/mol. The summed E-state index contributed by atoms with van der Waals surface area (Å²) in [5.74, 6) is 2.40. The van der Waals surface area contributed by atoms with E-state index >= 15 is 0 Å². The van der Waals surface area contributed by atoms with Gasteiger partial charge in [0.2, 0.25) is 5.91 Å². The zero-order chi connectivity index (χ0) is 11.3. The molecule has 3 heteroatoms. The van der Waals surface area contributed by atoms with Crippen LogP contribution in [0.2, 0.25) is 0 Å². The van der Waals surface area contributed by atoms with E-state index in [1.165, 1.54) is 19.3 Å². The van der Waals surface area contributed by atoms with Crippen molar-refractivity contribution in [3.8, 4) is 0 Å². The standard InChI is InChI=1S/C13H21NO2/c14-12(16)13-6-8-3-9(7-13)5-10(4-8)11(13)1-2-15/h8-11,15H,1-7H2,(H2,14,16). The van der Waals surface area contributed by atoms with Crippen LogP contribution in [0.15, 0.2) is 0 Å². The lowest BCUT2D eigenvalue weighted by Gasteiger charge is -2.60. The van der Waals surface area contributed by atoms with Crippen molar-refractivity contribution in [2.75, 3.05) is 6.61 Å². The molecule has 3 nitrogen and oxygen atoms in total. The largest absolute Gasteiger partial charge is 0.396 e. The van der Waals surface area contributed by atoms with Crippen molar-refractivity contribution >= 4 is 5.91 Å². The highest BCUT2D eigenvalue weighted by atomic mass is 16.3. The Morgan fingerprint density at radius 3 is 2.38 bits per heavy atom. The zero-order valence-electron chi connectivity index (χ0n) is 9.69. The molecule has 4 fully saturated rings. The van der Waals surface area contributed by atoms with Crippen LogP contribution in [0.3, 0.4) is 0 Å². The minimum absolute atomic E-state index is 0.0925. The quantitative estimate of drug-likeness (QED) is 0.757. The van der Waals surface area contributed by atoms with E-state index in [0.29, 0.717) is 11.8 Å². The number of amides is 1.